The first-order valence-corrected chi connectivity index (χ1v) is 5.46. The normalized spacial score (nSPS) is 10.5. The third kappa shape index (κ3) is 2.22. The number of aromatic nitrogens is 3. The van der Waals surface area contributed by atoms with Crippen molar-refractivity contribution in [3.05, 3.63) is 54.2 Å². The van der Waals surface area contributed by atoms with E-state index in [0.717, 1.165) is 10.8 Å². The highest BCUT2D eigenvalue weighted by Gasteiger charge is 2.10. The van der Waals surface area contributed by atoms with Gasteiger partial charge in [-0.2, -0.15) is 5.10 Å². The summed E-state index contributed by atoms with van der Waals surface area (Å²) in [5, 5.41) is 5.96. The number of rotatable bonds is 1. The van der Waals surface area contributed by atoms with Crippen molar-refractivity contribution in [3.8, 4) is 5.69 Å². The summed E-state index contributed by atoms with van der Waals surface area (Å²) in [5.41, 5.74) is -1.06. The van der Waals surface area contributed by atoms with Crippen LogP contribution in [0.2, 0.25) is 15.1 Å². The van der Waals surface area contributed by atoms with Crippen molar-refractivity contribution in [2.24, 2.45) is 0 Å². The number of halogens is 3. The molecule has 0 saturated heterocycles. The summed E-state index contributed by atoms with van der Waals surface area (Å²) in [6.45, 7) is 0. The Morgan fingerprint density at radius 3 is 2.24 bits per heavy atom. The van der Waals surface area contributed by atoms with Crippen LogP contribution < -0.4 is 11.2 Å². The van der Waals surface area contributed by atoms with Gasteiger partial charge in [-0.25, -0.2) is 14.5 Å². The van der Waals surface area contributed by atoms with Gasteiger partial charge in [-0.1, -0.05) is 34.8 Å². The number of nitrogens with zero attached hydrogens (tertiary/aromatic N) is 2. The van der Waals surface area contributed by atoms with E-state index < -0.39 is 11.2 Å². The standard InChI is InChI=1S/C9H4Cl3N3O2/c10-5-1-4(2-6(11)8(5)12)15-7(16)3-13-14-9(15)17/h1-3H,(H,14,17). The Labute approximate surface area is 110 Å². The quantitative estimate of drug-likeness (QED) is 0.816. The van der Waals surface area contributed by atoms with Gasteiger partial charge >= 0.3 is 5.69 Å². The minimum Gasteiger partial charge on any atom is -0.267 e. The first-order chi connectivity index (χ1) is 8.00. The highest BCUT2D eigenvalue weighted by molar-refractivity contribution is 6.48. The number of aromatic amines is 1. The Hall–Kier alpha value is -1.30. The van der Waals surface area contributed by atoms with Crippen molar-refractivity contribution >= 4 is 34.8 Å². The van der Waals surface area contributed by atoms with Gasteiger partial charge in [-0.3, -0.25) is 4.79 Å². The minimum absolute atomic E-state index is 0.150. The summed E-state index contributed by atoms with van der Waals surface area (Å²) < 4.78 is 0.848. The fraction of sp³-hybridized carbons (Fsp3) is 0. The Balaban J connectivity index is 2.79. The fourth-order valence-corrected chi connectivity index (χ4v) is 1.85. The molecule has 2 rings (SSSR count). The maximum absolute atomic E-state index is 11.5. The van der Waals surface area contributed by atoms with Crippen LogP contribution in [0.3, 0.4) is 0 Å². The SMILES string of the molecule is O=c1cn[nH]c(=O)n1-c1cc(Cl)c(Cl)c(Cl)c1. The van der Waals surface area contributed by atoms with Crippen molar-refractivity contribution in [2.75, 3.05) is 0 Å². The third-order valence-corrected chi connectivity index (χ3v) is 3.18. The molecule has 0 amide bonds. The van der Waals surface area contributed by atoms with E-state index in [1.54, 1.807) is 0 Å². The van der Waals surface area contributed by atoms with Gasteiger partial charge in [0.15, 0.2) is 0 Å². The molecule has 0 aliphatic rings. The molecule has 88 valence electrons. The maximum atomic E-state index is 11.5. The zero-order valence-corrected chi connectivity index (χ0v) is 10.3. The molecule has 0 spiro atoms. The molecule has 8 heteroatoms. The van der Waals surface area contributed by atoms with Gasteiger partial charge in [0.25, 0.3) is 5.56 Å². The molecule has 0 fully saturated rings. The second kappa shape index (κ2) is 4.52. The van der Waals surface area contributed by atoms with Crippen LogP contribution in [-0.2, 0) is 0 Å². The van der Waals surface area contributed by atoms with Gasteiger partial charge in [0.05, 0.1) is 20.8 Å². The molecule has 2 aromatic rings. The molecule has 1 N–H and O–H groups in total. The number of benzene rings is 1. The number of hydrogen-bond donors (Lipinski definition) is 1. The van der Waals surface area contributed by atoms with Crippen molar-refractivity contribution in [1.29, 1.82) is 0 Å². The van der Waals surface area contributed by atoms with Crippen LogP contribution in [0, 0.1) is 0 Å². The number of nitrogens with one attached hydrogen (secondary N) is 1. The van der Waals surface area contributed by atoms with Gasteiger partial charge < -0.3 is 0 Å². The average molecular weight is 293 g/mol. The highest BCUT2D eigenvalue weighted by Crippen LogP contribution is 2.31. The van der Waals surface area contributed by atoms with Crippen molar-refractivity contribution in [3.63, 3.8) is 0 Å². The van der Waals surface area contributed by atoms with E-state index in [-0.39, 0.29) is 20.8 Å². The third-order valence-electron chi connectivity index (χ3n) is 1.99. The lowest BCUT2D eigenvalue weighted by Gasteiger charge is -2.06. The zero-order valence-electron chi connectivity index (χ0n) is 8.08. The van der Waals surface area contributed by atoms with Crippen LogP contribution in [0.5, 0.6) is 0 Å². The van der Waals surface area contributed by atoms with Crippen molar-refractivity contribution < 1.29 is 0 Å². The molecule has 0 atom stereocenters. The molecule has 1 aromatic heterocycles. The van der Waals surface area contributed by atoms with Crippen molar-refractivity contribution in [1.82, 2.24) is 14.8 Å². The molecular formula is C9H4Cl3N3O2. The average Bonchev–Trinajstić information content (AvgIpc) is 2.25. The van der Waals surface area contributed by atoms with Crippen LogP contribution in [0.1, 0.15) is 0 Å². The Bertz CT molecular complexity index is 641. The van der Waals surface area contributed by atoms with Crippen molar-refractivity contribution in [2.45, 2.75) is 0 Å². The Morgan fingerprint density at radius 2 is 1.71 bits per heavy atom. The lowest BCUT2D eigenvalue weighted by atomic mass is 10.3. The zero-order chi connectivity index (χ0) is 12.6. The van der Waals surface area contributed by atoms with Gasteiger partial charge in [-0.05, 0) is 12.1 Å². The van der Waals surface area contributed by atoms with Gasteiger partial charge in [0.2, 0.25) is 0 Å². The highest BCUT2D eigenvalue weighted by atomic mass is 35.5. The topological polar surface area (TPSA) is 67.8 Å². The predicted molar refractivity (Wildman–Crippen MR) is 65.5 cm³/mol. The molecular weight excluding hydrogens is 288 g/mol. The molecule has 5 nitrogen and oxygen atoms in total. The van der Waals surface area contributed by atoms with Crippen LogP contribution >= 0.6 is 34.8 Å². The van der Waals surface area contributed by atoms with E-state index >= 15 is 0 Å². The van der Waals surface area contributed by atoms with E-state index in [0.29, 0.717) is 0 Å². The monoisotopic (exact) mass is 291 g/mol. The lowest BCUT2D eigenvalue weighted by Crippen LogP contribution is -2.33. The van der Waals surface area contributed by atoms with E-state index in [2.05, 4.69) is 10.2 Å². The number of hydrogen-bond acceptors (Lipinski definition) is 3. The van der Waals surface area contributed by atoms with Gasteiger partial charge in [-0.15, -0.1) is 0 Å². The van der Waals surface area contributed by atoms with Crippen LogP contribution in [-0.4, -0.2) is 14.8 Å². The molecule has 1 heterocycles. The molecule has 0 aliphatic carbocycles. The molecule has 0 bridgehead atoms. The Morgan fingerprint density at radius 1 is 1.12 bits per heavy atom. The van der Waals surface area contributed by atoms with E-state index in [1.807, 2.05) is 0 Å². The fourth-order valence-electron chi connectivity index (χ4n) is 1.27. The first-order valence-electron chi connectivity index (χ1n) is 4.32. The number of H-pyrrole nitrogens is 1. The Kier molecular flexibility index (Phi) is 3.24. The molecule has 17 heavy (non-hydrogen) atoms. The van der Waals surface area contributed by atoms with Gasteiger partial charge in [0.1, 0.15) is 6.20 Å². The summed E-state index contributed by atoms with van der Waals surface area (Å²) >= 11 is 17.4. The van der Waals surface area contributed by atoms with E-state index in [9.17, 15) is 9.59 Å². The smallest absolute Gasteiger partial charge is 0.267 e. The summed E-state index contributed by atoms with van der Waals surface area (Å²) in [4.78, 5) is 23.0. The van der Waals surface area contributed by atoms with E-state index in [1.165, 1.54) is 12.1 Å². The van der Waals surface area contributed by atoms with Gasteiger partial charge in [0, 0.05) is 0 Å². The largest absolute Gasteiger partial charge is 0.349 e. The summed E-state index contributed by atoms with van der Waals surface area (Å²) in [6, 6.07) is 2.73. The molecule has 0 saturated carbocycles. The van der Waals surface area contributed by atoms with Crippen LogP contribution in [0.4, 0.5) is 0 Å². The second-order valence-corrected chi connectivity index (χ2v) is 4.26. The summed E-state index contributed by atoms with van der Waals surface area (Å²) in [5.74, 6) is 0. The second-order valence-electron chi connectivity index (χ2n) is 3.07. The summed E-state index contributed by atoms with van der Waals surface area (Å²) in [7, 11) is 0. The van der Waals surface area contributed by atoms with Crippen LogP contribution in [0.25, 0.3) is 5.69 Å². The minimum atomic E-state index is -0.688. The lowest BCUT2D eigenvalue weighted by molar-refractivity contribution is 0.798. The maximum Gasteiger partial charge on any atom is 0.349 e. The molecule has 0 radical (unpaired) electrons. The van der Waals surface area contributed by atoms with Crippen LogP contribution in [0.15, 0.2) is 27.9 Å². The summed E-state index contributed by atoms with van der Waals surface area (Å²) in [6.07, 6.45) is 0.970. The molecule has 1 aromatic carbocycles. The molecule has 0 unspecified atom stereocenters. The molecule has 0 aliphatic heterocycles. The first kappa shape index (κ1) is 12.2. The van der Waals surface area contributed by atoms with E-state index in [4.69, 9.17) is 34.8 Å². The predicted octanol–water partition coefficient (Wildman–Crippen LogP) is 1.88.